The third-order valence-corrected chi connectivity index (χ3v) is 1.70. The fourth-order valence-corrected chi connectivity index (χ4v) is 1.01. The van der Waals surface area contributed by atoms with Gasteiger partial charge in [0, 0.05) is 12.2 Å². The molecule has 0 aromatic heterocycles. The molecule has 0 unspecified atom stereocenters. The van der Waals surface area contributed by atoms with E-state index in [2.05, 4.69) is 0 Å². The molecule has 0 spiro atoms. The van der Waals surface area contributed by atoms with E-state index in [-0.39, 0.29) is 13.2 Å². The van der Waals surface area contributed by atoms with E-state index in [1.165, 1.54) is 0 Å². The van der Waals surface area contributed by atoms with Crippen LogP contribution in [0.25, 0.3) is 0 Å². The number of carbonyl (C=O) groups excluding carboxylic acids is 1. The maximum atomic E-state index is 10.9. The minimum Gasteiger partial charge on any atom is -0.490 e. The van der Waals surface area contributed by atoms with Crippen LogP contribution in [0.2, 0.25) is 0 Å². The van der Waals surface area contributed by atoms with Crippen LogP contribution in [-0.2, 0) is 14.3 Å². The number of hydrogen-bond acceptors (Lipinski definition) is 4. The third-order valence-electron chi connectivity index (χ3n) is 1.70. The van der Waals surface area contributed by atoms with Crippen LogP contribution in [0.4, 0.5) is 0 Å². The Balaban J connectivity index is 2.16. The summed E-state index contributed by atoms with van der Waals surface area (Å²) in [5.41, 5.74) is 0. The van der Waals surface area contributed by atoms with Gasteiger partial charge in [-0.15, -0.1) is 0 Å². The van der Waals surface area contributed by atoms with Crippen LogP contribution in [-0.4, -0.2) is 30.3 Å². The monoisotopic (exact) mass is 236 g/mol. The van der Waals surface area contributed by atoms with Gasteiger partial charge in [-0.1, -0.05) is 18.2 Å². The molecule has 1 aromatic carbocycles. The molecule has 1 aromatic rings. The Morgan fingerprint density at radius 3 is 2.47 bits per heavy atom. The second kappa shape index (κ2) is 7.05. The number of hydrogen-bond donors (Lipinski definition) is 1. The number of esters is 1. The van der Waals surface area contributed by atoms with Crippen molar-refractivity contribution in [1.29, 1.82) is 0 Å². The van der Waals surface area contributed by atoms with E-state index in [0.717, 1.165) is 12.2 Å². The molecule has 17 heavy (non-hydrogen) atoms. The van der Waals surface area contributed by atoms with E-state index >= 15 is 0 Å². The molecular weight excluding hydrogens is 224 g/mol. The second-order valence-electron chi connectivity index (χ2n) is 3.00. The van der Waals surface area contributed by atoms with Crippen molar-refractivity contribution in [2.75, 3.05) is 13.2 Å². The Morgan fingerprint density at radius 1 is 1.12 bits per heavy atom. The van der Waals surface area contributed by atoms with Crippen molar-refractivity contribution in [1.82, 2.24) is 0 Å². The Bertz CT molecular complexity index is 397. The summed E-state index contributed by atoms with van der Waals surface area (Å²) in [6.07, 6.45) is 1.57. The van der Waals surface area contributed by atoms with Crippen molar-refractivity contribution in [3.8, 4) is 5.75 Å². The summed E-state index contributed by atoms with van der Waals surface area (Å²) in [6, 6.07) is 9.09. The lowest BCUT2D eigenvalue weighted by Crippen LogP contribution is -2.10. The van der Waals surface area contributed by atoms with Crippen molar-refractivity contribution in [2.45, 2.75) is 0 Å². The van der Waals surface area contributed by atoms with Crippen LogP contribution in [0.15, 0.2) is 42.5 Å². The number of rotatable bonds is 6. The quantitative estimate of drug-likeness (QED) is 0.457. The fourth-order valence-electron chi connectivity index (χ4n) is 1.01. The zero-order valence-corrected chi connectivity index (χ0v) is 9.04. The first-order valence-electron chi connectivity index (χ1n) is 4.94. The topological polar surface area (TPSA) is 72.8 Å². The van der Waals surface area contributed by atoms with Crippen LogP contribution in [0.1, 0.15) is 0 Å². The Morgan fingerprint density at radius 2 is 1.82 bits per heavy atom. The predicted octanol–water partition coefficient (Wildman–Crippen LogP) is 1.25. The van der Waals surface area contributed by atoms with Crippen molar-refractivity contribution in [2.24, 2.45) is 0 Å². The lowest BCUT2D eigenvalue weighted by Gasteiger charge is -2.05. The molecule has 0 aliphatic carbocycles. The van der Waals surface area contributed by atoms with Gasteiger partial charge in [0.2, 0.25) is 0 Å². The fraction of sp³-hybridized carbons (Fsp3) is 0.167. The molecule has 0 fully saturated rings. The highest BCUT2D eigenvalue weighted by molar-refractivity contribution is 5.90. The number of carboxylic acids is 1. The molecule has 0 aliphatic heterocycles. The molecule has 1 rings (SSSR count). The standard InChI is InChI=1S/C12H12O5/c13-11(14)6-7-12(15)17-9-8-16-10-4-2-1-3-5-10/h1-7H,8-9H2,(H,13,14)/b7-6+. The van der Waals surface area contributed by atoms with Gasteiger partial charge in [0.25, 0.3) is 0 Å². The Labute approximate surface area is 98.3 Å². The highest BCUT2D eigenvalue weighted by Gasteiger charge is 1.98. The molecule has 0 bridgehead atoms. The van der Waals surface area contributed by atoms with Gasteiger partial charge >= 0.3 is 11.9 Å². The average Bonchev–Trinajstić information content (AvgIpc) is 2.33. The van der Waals surface area contributed by atoms with E-state index in [0.29, 0.717) is 5.75 Å². The average molecular weight is 236 g/mol. The largest absolute Gasteiger partial charge is 0.490 e. The van der Waals surface area contributed by atoms with Gasteiger partial charge in [0.1, 0.15) is 19.0 Å². The van der Waals surface area contributed by atoms with Crippen LogP contribution in [0.3, 0.4) is 0 Å². The van der Waals surface area contributed by atoms with Crippen LogP contribution in [0, 0.1) is 0 Å². The van der Waals surface area contributed by atoms with Crippen molar-refractivity contribution in [3.05, 3.63) is 42.5 Å². The number of carboxylic acid groups (broad SMARTS) is 1. The molecule has 0 saturated heterocycles. The number of aliphatic carboxylic acids is 1. The van der Waals surface area contributed by atoms with Gasteiger partial charge in [0.05, 0.1) is 0 Å². The molecule has 1 N–H and O–H groups in total. The lowest BCUT2D eigenvalue weighted by molar-refractivity contribution is -0.139. The molecule has 0 aliphatic rings. The molecule has 90 valence electrons. The summed E-state index contributed by atoms with van der Waals surface area (Å²) in [5.74, 6) is -1.21. The first kappa shape index (κ1) is 12.8. The Hall–Kier alpha value is -2.30. The van der Waals surface area contributed by atoms with Gasteiger partial charge < -0.3 is 14.6 Å². The normalized spacial score (nSPS) is 10.1. The molecule has 5 heteroatoms. The second-order valence-corrected chi connectivity index (χ2v) is 3.00. The van der Waals surface area contributed by atoms with E-state index in [1.54, 1.807) is 12.1 Å². The molecule has 0 saturated carbocycles. The van der Waals surface area contributed by atoms with E-state index in [4.69, 9.17) is 14.6 Å². The maximum absolute atomic E-state index is 10.9. The SMILES string of the molecule is O=C(O)/C=C/C(=O)OCCOc1ccccc1. The van der Waals surface area contributed by atoms with E-state index < -0.39 is 11.9 Å². The van der Waals surface area contributed by atoms with Gasteiger partial charge in [0.15, 0.2) is 0 Å². The molecule has 5 nitrogen and oxygen atoms in total. The number of carbonyl (C=O) groups is 2. The highest BCUT2D eigenvalue weighted by atomic mass is 16.6. The number of ether oxygens (including phenoxy) is 2. The first-order valence-corrected chi connectivity index (χ1v) is 4.94. The zero-order chi connectivity index (χ0) is 12.5. The Kier molecular flexibility index (Phi) is 5.30. The van der Waals surface area contributed by atoms with Crippen molar-refractivity contribution < 1.29 is 24.2 Å². The van der Waals surface area contributed by atoms with Gasteiger partial charge in [-0.2, -0.15) is 0 Å². The van der Waals surface area contributed by atoms with Gasteiger partial charge in [-0.25, -0.2) is 9.59 Å². The summed E-state index contributed by atoms with van der Waals surface area (Å²) < 4.78 is 9.96. The summed E-state index contributed by atoms with van der Waals surface area (Å²) in [4.78, 5) is 21.0. The third kappa shape index (κ3) is 5.99. The summed E-state index contributed by atoms with van der Waals surface area (Å²) in [7, 11) is 0. The first-order chi connectivity index (χ1) is 8.18. The molecule has 0 radical (unpaired) electrons. The van der Waals surface area contributed by atoms with E-state index in [9.17, 15) is 9.59 Å². The van der Waals surface area contributed by atoms with Crippen LogP contribution in [0.5, 0.6) is 5.75 Å². The van der Waals surface area contributed by atoms with Crippen LogP contribution < -0.4 is 4.74 Å². The van der Waals surface area contributed by atoms with Crippen LogP contribution >= 0.6 is 0 Å². The van der Waals surface area contributed by atoms with E-state index in [1.807, 2.05) is 18.2 Å². The molecule has 0 amide bonds. The van der Waals surface area contributed by atoms with Crippen molar-refractivity contribution in [3.63, 3.8) is 0 Å². The smallest absolute Gasteiger partial charge is 0.331 e. The number of para-hydroxylation sites is 1. The molecular formula is C12H12O5. The maximum Gasteiger partial charge on any atom is 0.331 e. The highest BCUT2D eigenvalue weighted by Crippen LogP contribution is 2.07. The zero-order valence-electron chi connectivity index (χ0n) is 9.04. The number of benzene rings is 1. The summed E-state index contributed by atoms with van der Waals surface area (Å²) in [6.45, 7) is 0.286. The van der Waals surface area contributed by atoms with Gasteiger partial charge in [-0.05, 0) is 12.1 Å². The van der Waals surface area contributed by atoms with Gasteiger partial charge in [-0.3, -0.25) is 0 Å². The minimum absolute atomic E-state index is 0.0671. The lowest BCUT2D eigenvalue weighted by atomic mass is 10.3. The molecule has 0 heterocycles. The summed E-state index contributed by atoms with van der Waals surface area (Å²) in [5, 5.41) is 8.26. The molecule has 0 atom stereocenters. The summed E-state index contributed by atoms with van der Waals surface area (Å²) >= 11 is 0. The van der Waals surface area contributed by atoms with Crippen molar-refractivity contribution >= 4 is 11.9 Å². The minimum atomic E-state index is -1.19. The predicted molar refractivity (Wildman–Crippen MR) is 59.7 cm³/mol.